The van der Waals surface area contributed by atoms with Gasteiger partial charge in [0.25, 0.3) is 0 Å². The van der Waals surface area contributed by atoms with Crippen LogP contribution in [0.3, 0.4) is 0 Å². The van der Waals surface area contributed by atoms with Gasteiger partial charge in [0.05, 0.1) is 5.56 Å². The van der Waals surface area contributed by atoms with Crippen molar-refractivity contribution < 1.29 is 13.2 Å². The molecule has 0 amide bonds. The maximum atomic E-state index is 13.0. The van der Waals surface area contributed by atoms with Gasteiger partial charge in [-0.05, 0) is 18.2 Å². The summed E-state index contributed by atoms with van der Waals surface area (Å²) < 4.78 is 39.1. The van der Waals surface area contributed by atoms with Gasteiger partial charge in [-0.1, -0.05) is 13.8 Å². The molecular formula is C14H22F3N3. The highest BCUT2D eigenvalue weighted by atomic mass is 19.4. The third-order valence-electron chi connectivity index (χ3n) is 3.05. The summed E-state index contributed by atoms with van der Waals surface area (Å²) in [5.41, 5.74) is 0.167. The Bertz CT molecular complexity index is 413. The molecule has 1 heterocycles. The molecule has 1 saturated heterocycles. The number of alkyl halides is 3. The molecule has 0 aliphatic carbocycles. The van der Waals surface area contributed by atoms with Crippen LogP contribution in [-0.4, -0.2) is 33.2 Å². The van der Waals surface area contributed by atoms with E-state index in [4.69, 9.17) is 0 Å². The van der Waals surface area contributed by atoms with E-state index in [0.717, 1.165) is 6.07 Å². The first-order valence-electron chi connectivity index (χ1n) is 6.87. The molecule has 1 aromatic carbocycles. The predicted octanol–water partition coefficient (Wildman–Crippen LogP) is 3.18. The van der Waals surface area contributed by atoms with Gasteiger partial charge >= 0.3 is 6.18 Å². The Labute approximate surface area is 118 Å². The van der Waals surface area contributed by atoms with Crippen LogP contribution < -0.4 is 15.5 Å². The van der Waals surface area contributed by atoms with Gasteiger partial charge in [-0.3, -0.25) is 0 Å². The van der Waals surface area contributed by atoms with E-state index < -0.39 is 11.7 Å². The molecule has 20 heavy (non-hydrogen) atoms. The maximum absolute atomic E-state index is 13.0. The van der Waals surface area contributed by atoms with E-state index >= 15 is 0 Å². The van der Waals surface area contributed by atoms with Crippen molar-refractivity contribution in [1.82, 2.24) is 5.32 Å². The number of nitrogens with one attached hydrogen (secondary N) is 2. The Morgan fingerprint density at radius 1 is 1.15 bits per heavy atom. The Morgan fingerprint density at radius 2 is 1.75 bits per heavy atom. The molecule has 114 valence electrons. The van der Waals surface area contributed by atoms with Crippen molar-refractivity contribution >= 4 is 11.4 Å². The first kappa shape index (κ1) is 16.6. The molecule has 0 atom stereocenters. The molecule has 2 N–H and O–H groups in total. The Balaban J connectivity index is 0.000000956. The molecule has 0 radical (unpaired) electrons. The number of hydrogen-bond donors (Lipinski definition) is 2. The Kier molecular flexibility index (Phi) is 6.13. The fraction of sp³-hybridized carbons (Fsp3) is 0.571. The van der Waals surface area contributed by atoms with E-state index in [1.807, 2.05) is 13.8 Å². The summed E-state index contributed by atoms with van der Waals surface area (Å²) >= 11 is 0. The average Bonchev–Trinajstić information content (AvgIpc) is 2.48. The second-order valence-electron chi connectivity index (χ2n) is 4.22. The van der Waals surface area contributed by atoms with Gasteiger partial charge in [-0.2, -0.15) is 13.2 Å². The lowest BCUT2D eigenvalue weighted by Gasteiger charge is -2.31. The third kappa shape index (κ3) is 4.03. The second kappa shape index (κ2) is 7.38. The van der Waals surface area contributed by atoms with Crippen LogP contribution in [0.5, 0.6) is 0 Å². The van der Waals surface area contributed by atoms with Gasteiger partial charge < -0.3 is 15.5 Å². The van der Waals surface area contributed by atoms with Gasteiger partial charge in [-0.25, -0.2) is 0 Å². The van der Waals surface area contributed by atoms with Gasteiger partial charge in [0.2, 0.25) is 0 Å². The summed E-state index contributed by atoms with van der Waals surface area (Å²) in [6, 6.07) is 4.38. The zero-order valence-electron chi connectivity index (χ0n) is 12.1. The van der Waals surface area contributed by atoms with Crippen molar-refractivity contribution in [2.75, 3.05) is 43.4 Å². The van der Waals surface area contributed by atoms with E-state index in [1.54, 1.807) is 24.1 Å². The fourth-order valence-corrected chi connectivity index (χ4v) is 2.10. The lowest BCUT2D eigenvalue weighted by atomic mass is 10.1. The number of benzene rings is 1. The first-order chi connectivity index (χ1) is 9.52. The van der Waals surface area contributed by atoms with Crippen LogP contribution in [0.25, 0.3) is 0 Å². The highest BCUT2D eigenvalue weighted by Gasteiger charge is 2.35. The number of anilines is 2. The van der Waals surface area contributed by atoms with Gasteiger partial charge in [-0.15, -0.1) is 0 Å². The number of hydrogen-bond acceptors (Lipinski definition) is 3. The van der Waals surface area contributed by atoms with Crippen molar-refractivity contribution in [2.45, 2.75) is 20.0 Å². The van der Waals surface area contributed by atoms with Crippen molar-refractivity contribution in [3.05, 3.63) is 23.8 Å². The molecule has 0 spiro atoms. The van der Waals surface area contributed by atoms with Crippen LogP contribution in [0.15, 0.2) is 18.2 Å². The molecule has 0 aromatic heterocycles. The predicted molar refractivity (Wildman–Crippen MR) is 77.4 cm³/mol. The van der Waals surface area contributed by atoms with Gasteiger partial charge in [0, 0.05) is 44.6 Å². The standard InChI is InChI=1S/C12H16F3N3.C2H6/c1-16-9-2-3-11(10(8-9)12(13,14)15)18-6-4-17-5-7-18;1-2/h2-3,8,16-17H,4-7H2,1H3;1-2H3. The van der Waals surface area contributed by atoms with Crippen molar-refractivity contribution in [2.24, 2.45) is 0 Å². The summed E-state index contributed by atoms with van der Waals surface area (Å²) in [6.45, 7) is 6.63. The highest BCUT2D eigenvalue weighted by Crippen LogP contribution is 2.38. The van der Waals surface area contributed by atoms with Crippen LogP contribution in [0.4, 0.5) is 24.5 Å². The number of halogens is 3. The minimum atomic E-state index is -4.33. The molecule has 6 heteroatoms. The molecule has 0 unspecified atom stereocenters. The minimum Gasteiger partial charge on any atom is -0.388 e. The van der Waals surface area contributed by atoms with E-state index in [2.05, 4.69) is 10.6 Å². The summed E-state index contributed by atoms with van der Waals surface area (Å²) in [5.74, 6) is 0. The Morgan fingerprint density at radius 3 is 2.25 bits per heavy atom. The lowest BCUT2D eigenvalue weighted by Crippen LogP contribution is -2.44. The second-order valence-corrected chi connectivity index (χ2v) is 4.22. The molecule has 1 aliphatic heterocycles. The quantitative estimate of drug-likeness (QED) is 0.875. The average molecular weight is 289 g/mol. The largest absolute Gasteiger partial charge is 0.418 e. The van der Waals surface area contributed by atoms with E-state index in [1.165, 1.54) is 0 Å². The fourth-order valence-electron chi connectivity index (χ4n) is 2.10. The van der Waals surface area contributed by atoms with Crippen molar-refractivity contribution in [3.63, 3.8) is 0 Å². The molecule has 1 aliphatic rings. The molecule has 2 rings (SSSR count). The van der Waals surface area contributed by atoms with Crippen LogP contribution in [0.1, 0.15) is 19.4 Å². The molecule has 0 saturated carbocycles. The van der Waals surface area contributed by atoms with Crippen LogP contribution in [0, 0.1) is 0 Å². The van der Waals surface area contributed by atoms with E-state index in [-0.39, 0.29) is 5.69 Å². The number of nitrogens with zero attached hydrogens (tertiary/aromatic N) is 1. The summed E-state index contributed by atoms with van der Waals surface area (Å²) in [5, 5.41) is 5.87. The van der Waals surface area contributed by atoms with Crippen LogP contribution in [-0.2, 0) is 6.18 Å². The maximum Gasteiger partial charge on any atom is 0.418 e. The third-order valence-corrected chi connectivity index (χ3v) is 3.05. The van der Waals surface area contributed by atoms with Gasteiger partial charge in [0.15, 0.2) is 0 Å². The van der Waals surface area contributed by atoms with E-state index in [0.29, 0.717) is 31.9 Å². The zero-order valence-corrected chi connectivity index (χ0v) is 12.1. The minimum absolute atomic E-state index is 0.267. The number of piperazine rings is 1. The summed E-state index contributed by atoms with van der Waals surface area (Å²) in [4.78, 5) is 1.78. The zero-order chi connectivity index (χ0) is 15.2. The molecule has 0 bridgehead atoms. The van der Waals surface area contributed by atoms with Crippen molar-refractivity contribution in [3.8, 4) is 0 Å². The SMILES string of the molecule is CC.CNc1ccc(N2CCNCC2)c(C(F)(F)F)c1. The lowest BCUT2D eigenvalue weighted by molar-refractivity contribution is -0.137. The molecule has 3 nitrogen and oxygen atoms in total. The van der Waals surface area contributed by atoms with Crippen LogP contribution >= 0.6 is 0 Å². The highest BCUT2D eigenvalue weighted by molar-refractivity contribution is 5.62. The topological polar surface area (TPSA) is 27.3 Å². The van der Waals surface area contributed by atoms with Gasteiger partial charge in [0.1, 0.15) is 0 Å². The molecule has 1 fully saturated rings. The summed E-state index contributed by atoms with van der Waals surface area (Å²) in [6.07, 6.45) is -4.33. The monoisotopic (exact) mass is 289 g/mol. The molecular weight excluding hydrogens is 267 g/mol. The Hall–Kier alpha value is -1.43. The normalized spacial score (nSPS) is 15.4. The smallest absolute Gasteiger partial charge is 0.388 e. The molecule has 1 aromatic rings. The van der Waals surface area contributed by atoms with E-state index in [9.17, 15) is 13.2 Å². The summed E-state index contributed by atoms with van der Waals surface area (Å²) in [7, 11) is 1.61. The first-order valence-corrected chi connectivity index (χ1v) is 6.87. The van der Waals surface area contributed by atoms with Crippen molar-refractivity contribution in [1.29, 1.82) is 0 Å². The number of rotatable bonds is 2. The van der Waals surface area contributed by atoms with Crippen LogP contribution in [0.2, 0.25) is 0 Å².